The van der Waals surface area contributed by atoms with E-state index in [2.05, 4.69) is 6.08 Å². The van der Waals surface area contributed by atoms with E-state index in [1.54, 1.807) is 6.92 Å². The Morgan fingerprint density at radius 3 is 2.77 bits per heavy atom. The average molecular weight is 182 g/mol. The lowest BCUT2D eigenvalue weighted by atomic mass is 9.92. The molecule has 2 heteroatoms. The van der Waals surface area contributed by atoms with Gasteiger partial charge in [-0.15, -0.1) is 0 Å². The average Bonchev–Trinajstić information content (AvgIpc) is 2.02. The Hall–Kier alpha value is -0.790. The van der Waals surface area contributed by atoms with Gasteiger partial charge in [-0.3, -0.25) is 4.79 Å². The van der Waals surface area contributed by atoms with Gasteiger partial charge in [-0.25, -0.2) is 0 Å². The predicted molar refractivity (Wildman–Crippen MR) is 52.6 cm³/mol. The normalized spacial score (nSPS) is 21.2. The van der Waals surface area contributed by atoms with Crippen LogP contribution in [0, 0.1) is 5.92 Å². The molecule has 0 amide bonds. The molecule has 0 spiro atoms. The van der Waals surface area contributed by atoms with Crippen molar-refractivity contribution in [3.05, 3.63) is 11.6 Å². The summed E-state index contributed by atoms with van der Waals surface area (Å²) >= 11 is 0. The van der Waals surface area contributed by atoms with E-state index in [-0.39, 0.29) is 5.92 Å². The molecule has 1 unspecified atom stereocenters. The summed E-state index contributed by atoms with van der Waals surface area (Å²) in [7, 11) is 0. The summed E-state index contributed by atoms with van der Waals surface area (Å²) in [6.07, 6.45) is 9.10. The lowest BCUT2D eigenvalue weighted by molar-refractivity contribution is -0.139. The maximum absolute atomic E-state index is 10.8. The zero-order valence-corrected chi connectivity index (χ0v) is 8.25. The van der Waals surface area contributed by atoms with Crippen molar-refractivity contribution in [3.63, 3.8) is 0 Å². The Morgan fingerprint density at radius 2 is 2.08 bits per heavy atom. The molecule has 1 rings (SSSR count). The van der Waals surface area contributed by atoms with Crippen molar-refractivity contribution >= 4 is 5.97 Å². The molecule has 0 radical (unpaired) electrons. The Kier molecular flexibility index (Phi) is 4.00. The number of carbonyl (C=O) groups is 1. The van der Waals surface area contributed by atoms with Gasteiger partial charge < -0.3 is 5.11 Å². The summed E-state index contributed by atoms with van der Waals surface area (Å²) in [6.45, 7) is 1.79. The molecule has 0 heterocycles. The van der Waals surface area contributed by atoms with Crippen molar-refractivity contribution in [2.24, 2.45) is 5.92 Å². The Bertz CT molecular complexity index is 206. The van der Waals surface area contributed by atoms with Crippen LogP contribution in [0.3, 0.4) is 0 Å². The van der Waals surface area contributed by atoms with Crippen molar-refractivity contribution in [3.8, 4) is 0 Å². The molecule has 0 aromatic rings. The van der Waals surface area contributed by atoms with Gasteiger partial charge in [0.15, 0.2) is 0 Å². The summed E-state index contributed by atoms with van der Waals surface area (Å²) in [5.74, 6) is -0.968. The molecule has 0 aromatic heterocycles. The van der Waals surface area contributed by atoms with Gasteiger partial charge in [0.2, 0.25) is 0 Å². The molecule has 0 saturated carbocycles. The van der Waals surface area contributed by atoms with Crippen LogP contribution >= 0.6 is 0 Å². The first-order chi connectivity index (χ1) is 6.22. The third-order valence-corrected chi connectivity index (χ3v) is 2.75. The highest BCUT2D eigenvalue weighted by molar-refractivity contribution is 5.73. The minimum atomic E-state index is -0.688. The van der Waals surface area contributed by atoms with Gasteiger partial charge in [0.25, 0.3) is 0 Å². The summed E-state index contributed by atoms with van der Waals surface area (Å²) in [6, 6.07) is 0. The van der Waals surface area contributed by atoms with E-state index in [0.29, 0.717) is 0 Å². The molecule has 74 valence electrons. The number of carboxylic acids is 1. The highest BCUT2D eigenvalue weighted by Gasteiger charge is 2.16. The first kappa shape index (κ1) is 10.3. The molecule has 0 aromatic carbocycles. The molecule has 13 heavy (non-hydrogen) atoms. The molecule has 0 bridgehead atoms. The lowest BCUT2D eigenvalue weighted by Crippen LogP contribution is -2.13. The summed E-state index contributed by atoms with van der Waals surface area (Å²) < 4.78 is 0. The fourth-order valence-corrected chi connectivity index (χ4v) is 1.77. The fourth-order valence-electron chi connectivity index (χ4n) is 1.77. The van der Waals surface area contributed by atoms with E-state index in [1.165, 1.54) is 19.3 Å². The highest BCUT2D eigenvalue weighted by atomic mass is 16.4. The van der Waals surface area contributed by atoms with E-state index in [0.717, 1.165) is 24.8 Å². The Labute approximate surface area is 79.6 Å². The topological polar surface area (TPSA) is 37.3 Å². The second-order valence-corrected chi connectivity index (χ2v) is 3.79. The minimum absolute atomic E-state index is 0.280. The first-order valence-electron chi connectivity index (χ1n) is 5.13. The third kappa shape index (κ3) is 3.21. The maximum atomic E-state index is 10.8. The molecule has 1 aliphatic rings. The van der Waals surface area contributed by atoms with Crippen molar-refractivity contribution in [1.82, 2.24) is 0 Å². The molecule has 0 saturated heterocycles. The van der Waals surface area contributed by atoms with Crippen LogP contribution in [0.1, 0.15) is 45.4 Å². The zero-order valence-electron chi connectivity index (χ0n) is 8.25. The van der Waals surface area contributed by atoms with Gasteiger partial charge in [0.1, 0.15) is 0 Å². The molecular weight excluding hydrogens is 164 g/mol. The van der Waals surface area contributed by atoms with Crippen LogP contribution in [-0.2, 0) is 4.79 Å². The number of hydrogen-bond donors (Lipinski definition) is 1. The van der Waals surface area contributed by atoms with Gasteiger partial charge in [-0.1, -0.05) is 24.5 Å². The van der Waals surface area contributed by atoms with Crippen LogP contribution in [-0.4, -0.2) is 11.1 Å². The van der Waals surface area contributed by atoms with Crippen LogP contribution < -0.4 is 0 Å². The standard InChI is InChI=1S/C11H18O2/c1-9(11(12)13)10-7-5-3-2-4-6-8-10/h7,9H,2-6,8H2,1H3,(H,12,13). The fraction of sp³-hybridized carbons (Fsp3) is 0.727. The molecule has 1 N–H and O–H groups in total. The molecule has 0 fully saturated rings. The molecule has 0 aliphatic heterocycles. The van der Waals surface area contributed by atoms with Gasteiger partial charge in [0, 0.05) is 0 Å². The minimum Gasteiger partial charge on any atom is -0.481 e. The lowest BCUT2D eigenvalue weighted by Gasteiger charge is -2.14. The smallest absolute Gasteiger partial charge is 0.310 e. The summed E-state index contributed by atoms with van der Waals surface area (Å²) in [4.78, 5) is 10.8. The molecule has 1 atom stereocenters. The van der Waals surface area contributed by atoms with E-state index < -0.39 is 5.97 Å². The van der Waals surface area contributed by atoms with Crippen LogP contribution in [0.25, 0.3) is 0 Å². The van der Waals surface area contributed by atoms with Crippen molar-refractivity contribution in [2.45, 2.75) is 45.4 Å². The Balaban J connectivity index is 2.58. The van der Waals surface area contributed by atoms with Crippen molar-refractivity contribution in [1.29, 1.82) is 0 Å². The quantitative estimate of drug-likeness (QED) is 0.666. The molecule has 1 aliphatic carbocycles. The third-order valence-electron chi connectivity index (χ3n) is 2.75. The number of allylic oxidation sites excluding steroid dienone is 1. The number of aliphatic carboxylic acids is 1. The van der Waals surface area contributed by atoms with Crippen molar-refractivity contribution < 1.29 is 9.90 Å². The SMILES string of the molecule is CC(C(=O)O)C1=CCCCCCC1. The second-order valence-electron chi connectivity index (χ2n) is 3.79. The monoisotopic (exact) mass is 182 g/mol. The number of hydrogen-bond acceptors (Lipinski definition) is 1. The molecular formula is C11H18O2. The summed E-state index contributed by atoms with van der Waals surface area (Å²) in [5.41, 5.74) is 1.13. The molecule has 2 nitrogen and oxygen atoms in total. The van der Waals surface area contributed by atoms with E-state index in [4.69, 9.17) is 5.11 Å². The zero-order chi connectivity index (χ0) is 9.68. The van der Waals surface area contributed by atoms with Crippen LogP contribution in [0.4, 0.5) is 0 Å². The highest BCUT2D eigenvalue weighted by Crippen LogP contribution is 2.22. The van der Waals surface area contributed by atoms with Gasteiger partial charge >= 0.3 is 5.97 Å². The van der Waals surface area contributed by atoms with Crippen LogP contribution in [0.15, 0.2) is 11.6 Å². The number of carboxylic acid groups (broad SMARTS) is 1. The predicted octanol–water partition coefficient (Wildman–Crippen LogP) is 2.99. The number of rotatable bonds is 2. The van der Waals surface area contributed by atoms with Gasteiger partial charge in [-0.05, 0) is 32.6 Å². The van der Waals surface area contributed by atoms with Gasteiger partial charge in [0.05, 0.1) is 5.92 Å². The second kappa shape index (κ2) is 5.05. The van der Waals surface area contributed by atoms with E-state index in [1.807, 2.05) is 0 Å². The van der Waals surface area contributed by atoms with Gasteiger partial charge in [-0.2, -0.15) is 0 Å². The van der Waals surface area contributed by atoms with E-state index >= 15 is 0 Å². The van der Waals surface area contributed by atoms with Crippen LogP contribution in [0.2, 0.25) is 0 Å². The maximum Gasteiger partial charge on any atom is 0.310 e. The van der Waals surface area contributed by atoms with Crippen molar-refractivity contribution in [2.75, 3.05) is 0 Å². The first-order valence-corrected chi connectivity index (χ1v) is 5.13. The Morgan fingerprint density at radius 1 is 1.38 bits per heavy atom. The summed E-state index contributed by atoms with van der Waals surface area (Å²) in [5, 5.41) is 8.86. The van der Waals surface area contributed by atoms with E-state index in [9.17, 15) is 4.79 Å². The van der Waals surface area contributed by atoms with Crippen LogP contribution in [0.5, 0.6) is 0 Å². The largest absolute Gasteiger partial charge is 0.481 e.